The van der Waals surface area contributed by atoms with E-state index in [-0.39, 0.29) is 47.2 Å². The first-order valence-corrected chi connectivity index (χ1v) is 8.09. The molecule has 1 aromatic heterocycles. The van der Waals surface area contributed by atoms with Gasteiger partial charge in [-0.2, -0.15) is 0 Å². The summed E-state index contributed by atoms with van der Waals surface area (Å²) in [6, 6.07) is 6.32. The molecule has 8 heteroatoms. The number of nitrogens with zero attached hydrogens (tertiary/aromatic N) is 1. The van der Waals surface area contributed by atoms with Gasteiger partial charge in [-0.25, -0.2) is 4.39 Å². The summed E-state index contributed by atoms with van der Waals surface area (Å²) in [4.78, 5) is 3.19. The highest BCUT2D eigenvalue weighted by Gasteiger charge is 2.30. The Morgan fingerprint density at radius 2 is 1.91 bits per heavy atom. The van der Waals surface area contributed by atoms with Crippen molar-refractivity contribution in [2.75, 3.05) is 26.2 Å². The molecule has 2 N–H and O–H groups in total. The molecular formula is C15H18Cl3FN2OS. The summed E-state index contributed by atoms with van der Waals surface area (Å²) in [5.41, 5.74) is 0.270. The minimum absolute atomic E-state index is 0. The molecule has 0 unspecified atom stereocenters. The van der Waals surface area contributed by atoms with Gasteiger partial charge in [-0.3, -0.25) is 4.90 Å². The second-order valence-corrected chi connectivity index (χ2v) is 6.38. The normalized spacial score (nSPS) is 16.3. The fourth-order valence-electron chi connectivity index (χ4n) is 2.71. The van der Waals surface area contributed by atoms with Gasteiger partial charge in [0.05, 0.1) is 16.6 Å². The van der Waals surface area contributed by atoms with Crippen molar-refractivity contribution in [3.8, 4) is 5.75 Å². The third-order valence-corrected chi connectivity index (χ3v) is 4.95. The van der Waals surface area contributed by atoms with Gasteiger partial charge in [0, 0.05) is 31.1 Å². The molecule has 1 aromatic carbocycles. The van der Waals surface area contributed by atoms with Gasteiger partial charge in [-0.1, -0.05) is 17.7 Å². The van der Waals surface area contributed by atoms with Gasteiger partial charge in [-0.15, -0.1) is 36.2 Å². The first-order chi connectivity index (χ1) is 10.2. The number of piperazine rings is 1. The van der Waals surface area contributed by atoms with Crippen LogP contribution in [0.1, 0.15) is 16.5 Å². The number of hydrogen-bond donors (Lipinski definition) is 2. The van der Waals surface area contributed by atoms with Gasteiger partial charge < -0.3 is 10.4 Å². The zero-order chi connectivity index (χ0) is 14.8. The molecule has 1 aliphatic rings. The van der Waals surface area contributed by atoms with Crippen molar-refractivity contribution in [1.82, 2.24) is 10.2 Å². The van der Waals surface area contributed by atoms with E-state index in [0.29, 0.717) is 0 Å². The molecule has 128 valence electrons. The second kappa shape index (κ2) is 9.06. The van der Waals surface area contributed by atoms with Crippen LogP contribution in [0.5, 0.6) is 5.75 Å². The van der Waals surface area contributed by atoms with E-state index >= 15 is 0 Å². The van der Waals surface area contributed by atoms with E-state index in [2.05, 4.69) is 10.2 Å². The lowest BCUT2D eigenvalue weighted by Crippen LogP contribution is -2.45. The van der Waals surface area contributed by atoms with Gasteiger partial charge in [0.15, 0.2) is 0 Å². The van der Waals surface area contributed by atoms with E-state index in [0.717, 1.165) is 31.1 Å². The molecular weight excluding hydrogens is 382 g/mol. The summed E-state index contributed by atoms with van der Waals surface area (Å²) in [5.74, 6) is -0.581. The maximum Gasteiger partial charge on any atom is 0.142 e. The highest BCUT2D eigenvalue weighted by molar-refractivity contribution is 7.10. The third-order valence-electron chi connectivity index (χ3n) is 3.72. The van der Waals surface area contributed by atoms with Crippen molar-refractivity contribution < 1.29 is 9.50 Å². The molecule has 1 atom stereocenters. The van der Waals surface area contributed by atoms with Gasteiger partial charge in [0.25, 0.3) is 0 Å². The van der Waals surface area contributed by atoms with Gasteiger partial charge >= 0.3 is 0 Å². The lowest BCUT2D eigenvalue weighted by molar-refractivity contribution is 0.194. The number of benzene rings is 1. The zero-order valence-corrected chi connectivity index (χ0v) is 15.4. The van der Waals surface area contributed by atoms with Crippen LogP contribution in [-0.4, -0.2) is 36.2 Å². The molecule has 1 saturated heterocycles. The van der Waals surface area contributed by atoms with Crippen LogP contribution in [0.3, 0.4) is 0 Å². The average Bonchev–Trinajstić information content (AvgIpc) is 3.02. The quantitative estimate of drug-likeness (QED) is 0.816. The third kappa shape index (κ3) is 4.29. The monoisotopic (exact) mass is 398 g/mol. The molecule has 3 nitrogen and oxygen atoms in total. The van der Waals surface area contributed by atoms with E-state index in [4.69, 9.17) is 11.6 Å². The number of rotatable bonds is 3. The fraction of sp³-hybridized carbons (Fsp3) is 0.333. The molecule has 2 aromatic rings. The van der Waals surface area contributed by atoms with Crippen LogP contribution in [0.15, 0.2) is 29.6 Å². The van der Waals surface area contributed by atoms with E-state index in [1.165, 1.54) is 12.1 Å². The topological polar surface area (TPSA) is 35.5 Å². The molecule has 0 spiro atoms. The van der Waals surface area contributed by atoms with Crippen molar-refractivity contribution in [3.05, 3.63) is 50.9 Å². The molecule has 2 heterocycles. The van der Waals surface area contributed by atoms with Crippen LogP contribution in [-0.2, 0) is 0 Å². The predicted molar refractivity (Wildman–Crippen MR) is 98.2 cm³/mol. The Balaban J connectivity index is 0.00000132. The van der Waals surface area contributed by atoms with Crippen molar-refractivity contribution in [2.45, 2.75) is 6.04 Å². The highest BCUT2D eigenvalue weighted by Crippen LogP contribution is 2.41. The Hall–Kier alpha value is -0.560. The zero-order valence-electron chi connectivity index (χ0n) is 12.2. The number of phenols is 1. The Bertz CT molecular complexity index is 621. The standard InChI is InChI=1S/C15H16ClFN2OS.2ClH/c16-10-3-4-11(17)13(15(10)20)14(12-2-1-9-21-12)19-7-5-18-6-8-19;;/h1-4,9,14,18,20H,5-8H2;2*1H/t14-;;/m0../s1. The van der Waals surface area contributed by atoms with Crippen molar-refractivity contribution in [2.24, 2.45) is 0 Å². The minimum atomic E-state index is -0.422. The largest absolute Gasteiger partial charge is 0.506 e. The summed E-state index contributed by atoms with van der Waals surface area (Å²) in [5, 5.41) is 15.7. The molecule has 0 saturated carbocycles. The van der Waals surface area contributed by atoms with Gasteiger partial charge in [0.1, 0.15) is 11.6 Å². The minimum Gasteiger partial charge on any atom is -0.506 e. The van der Waals surface area contributed by atoms with Crippen LogP contribution in [0.4, 0.5) is 4.39 Å². The first-order valence-electron chi connectivity index (χ1n) is 6.83. The summed E-state index contributed by atoms with van der Waals surface area (Å²) >= 11 is 7.55. The highest BCUT2D eigenvalue weighted by atomic mass is 35.5. The van der Waals surface area contributed by atoms with Crippen molar-refractivity contribution in [3.63, 3.8) is 0 Å². The smallest absolute Gasteiger partial charge is 0.142 e. The molecule has 0 radical (unpaired) electrons. The summed E-state index contributed by atoms with van der Waals surface area (Å²) < 4.78 is 14.4. The molecule has 23 heavy (non-hydrogen) atoms. The van der Waals surface area contributed by atoms with E-state index < -0.39 is 5.82 Å². The Kier molecular flexibility index (Phi) is 8.07. The van der Waals surface area contributed by atoms with Crippen LogP contribution < -0.4 is 5.32 Å². The van der Waals surface area contributed by atoms with Crippen LogP contribution in [0, 0.1) is 5.82 Å². The molecule has 1 aliphatic heterocycles. The Morgan fingerprint density at radius 3 is 2.52 bits per heavy atom. The van der Waals surface area contributed by atoms with Gasteiger partial charge in [0.2, 0.25) is 0 Å². The van der Waals surface area contributed by atoms with Crippen molar-refractivity contribution in [1.29, 1.82) is 0 Å². The van der Waals surface area contributed by atoms with E-state index in [1.807, 2.05) is 17.5 Å². The van der Waals surface area contributed by atoms with Gasteiger partial charge in [-0.05, 0) is 23.6 Å². The number of phenolic OH excluding ortho intramolecular Hbond substituents is 1. The molecule has 0 bridgehead atoms. The number of thiophene rings is 1. The summed E-state index contributed by atoms with van der Waals surface area (Å²) in [6.07, 6.45) is 0. The van der Waals surface area contributed by atoms with Crippen LogP contribution >= 0.6 is 47.8 Å². The summed E-state index contributed by atoms with van der Waals surface area (Å²) in [6.45, 7) is 3.30. The Morgan fingerprint density at radius 1 is 1.22 bits per heavy atom. The molecule has 3 rings (SSSR count). The lowest BCUT2D eigenvalue weighted by Gasteiger charge is -2.35. The predicted octanol–water partition coefficient (Wildman–Crippen LogP) is 4.08. The Labute approximate surface area is 156 Å². The SMILES string of the molecule is Cl.Cl.Oc1c(Cl)ccc(F)c1[C@H](c1cccs1)N1CCNCC1. The number of nitrogens with one attached hydrogen (secondary N) is 1. The molecule has 1 fully saturated rings. The second-order valence-electron chi connectivity index (χ2n) is 5.00. The van der Waals surface area contributed by atoms with Crippen LogP contribution in [0.25, 0.3) is 0 Å². The van der Waals surface area contributed by atoms with E-state index in [9.17, 15) is 9.50 Å². The first kappa shape index (κ1) is 20.5. The maximum absolute atomic E-state index is 14.4. The average molecular weight is 400 g/mol. The van der Waals surface area contributed by atoms with Crippen molar-refractivity contribution >= 4 is 47.8 Å². The lowest BCUT2D eigenvalue weighted by atomic mass is 10.0. The van der Waals surface area contributed by atoms with E-state index in [1.54, 1.807) is 11.3 Å². The maximum atomic E-state index is 14.4. The molecule has 0 amide bonds. The summed E-state index contributed by atoms with van der Waals surface area (Å²) in [7, 11) is 0. The number of halogens is 4. The van der Waals surface area contributed by atoms with Crippen LogP contribution in [0.2, 0.25) is 5.02 Å². The number of hydrogen-bond acceptors (Lipinski definition) is 4. The number of aromatic hydroxyl groups is 1. The molecule has 0 aliphatic carbocycles. The fourth-order valence-corrected chi connectivity index (χ4v) is 3.74.